The van der Waals surface area contributed by atoms with Crippen LogP contribution in [0.5, 0.6) is 0 Å². The molecule has 0 spiro atoms. The van der Waals surface area contributed by atoms with Gasteiger partial charge in [0.2, 0.25) is 0 Å². The minimum Gasteiger partial charge on any atom is -0.456 e. The number of hydrogen-bond acceptors (Lipinski definition) is 4. The van der Waals surface area contributed by atoms with E-state index in [4.69, 9.17) is 4.74 Å². The van der Waals surface area contributed by atoms with E-state index in [0.29, 0.717) is 5.56 Å². The Morgan fingerprint density at radius 1 is 0.935 bits per heavy atom. The summed E-state index contributed by atoms with van der Waals surface area (Å²) in [6, 6.07) is 13.4. The maximum atomic E-state index is 12.3. The van der Waals surface area contributed by atoms with Crippen molar-refractivity contribution in [1.29, 1.82) is 0 Å². The van der Waals surface area contributed by atoms with Gasteiger partial charge in [0.05, 0.1) is 6.42 Å². The molecule has 0 radical (unpaired) electrons. The van der Waals surface area contributed by atoms with Gasteiger partial charge in [-0.2, -0.15) is 0 Å². The molecule has 5 heteroatoms. The Morgan fingerprint density at radius 3 is 2.35 bits per heavy atom. The number of anilines is 1. The van der Waals surface area contributed by atoms with E-state index in [-0.39, 0.29) is 31.1 Å². The number of hydrogen-bond donors (Lipinski definition) is 1. The van der Waals surface area contributed by atoms with Crippen molar-refractivity contribution in [2.75, 3.05) is 11.9 Å². The predicted octanol–water partition coefficient (Wildman–Crippen LogP) is 5.43. The topological polar surface area (TPSA) is 72.5 Å². The standard InChI is InChI=1S/C26H33NO4/c1-4-6-7-10-20-12-14-22(15-13-20)23(28)16-17-25(30)31-18-24(29)27-26-19(3)9-8-11-21(26)5-2/h8-9,11-15H,4-7,10,16-18H2,1-3H3,(H,27,29). The van der Waals surface area contributed by atoms with Crippen molar-refractivity contribution in [1.82, 2.24) is 0 Å². The van der Waals surface area contributed by atoms with Crippen molar-refractivity contribution in [3.8, 4) is 0 Å². The second-order valence-electron chi connectivity index (χ2n) is 7.75. The van der Waals surface area contributed by atoms with Crippen LogP contribution in [0.25, 0.3) is 0 Å². The van der Waals surface area contributed by atoms with E-state index in [0.717, 1.165) is 36.1 Å². The van der Waals surface area contributed by atoms with Gasteiger partial charge in [0.15, 0.2) is 12.4 Å². The lowest BCUT2D eigenvalue weighted by molar-refractivity contribution is -0.147. The molecule has 0 aliphatic heterocycles. The number of amides is 1. The molecule has 2 aromatic carbocycles. The number of aryl methyl sites for hydroxylation is 3. The number of Topliss-reactive ketones (excluding diaryl/α,β-unsaturated/α-hetero) is 1. The number of esters is 1. The van der Waals surface area contributed by atoms with Gasteiger partial charge >= 0.3 is 5.97 Å². The van der Waals surface area contributed by atoms with Gasteiger partial charge in [0, 0.05) is 17.7 Å². The maximum absolute atomic E-state index is 12.3. The average Bonchev–Trinajstić information content (AvgIpc) is 2.78. The van der Waals surface area contributed by atoms with Crippen molar-refractivity contribution in [3.63, 3.8) is 0 Å². The normalized spacial score (nSPS) is 10.5. The largest absolute Gasteiger partial charge is 0.456 e. The van der Waals surface area contributed by atoms with Gasteiger partial charge in [-0.25, -0.2) is 0 Å². The van der Waals surface area contributed by atoms with Crippen LogP contribution >= 0.6 is 0 Å². The number of ketones is 1. The van der Waals surface area contributed by atoms with Crippen molar-refractivity contribution in [2.45, 2.75) is 65.7 Å². The summed E-state index contributed by atoms with van der Waals surface area (Å²) in [5.74, 6) is -1.04. The number of carbonyl (C=O) groups is 3. The van der Waals surface area contributed by atoms with Crippen molar-refractivity contribution >= 4 is 23.3 Å². The highest BCUT2D eigenvalue weighted by Crippen LogP contribution is 2.21. The molecule has 2 rings (SSSR count). The Hall–Kier alpha value is -2.95. The zero-order chi connectivity index (χ0) is 22.6. The number of benzene rings is 2. The van der Waals surface area contributed by atoms with E-state index < -0.39 is 5.97 Å². The number of unbranched alkanes of at least 4 members (excludes halogenated alkanes) is 2. The Labute approximate surface area is 185 Å². The molecule has 1 amide bonds. The summed E-state index contributed by atoms with van der Waals surface area (Å²) in [7, 11) is 0. The van der Waals surface area contributed by atoms with Crippen molar-refractivity contribution in [3.05, 3.63) is 64.7 Å². The van der Waals surface area contributed by atoms with Crippen LogP contribution in [0.1, 0.15) is 73.0 Å². The smallest absolute Gasteiger partial charge is 0.306 e. The zero-order valence-electron chi connectivity index (χ0n) is 18.8. The van der Waals surface area contributed by atoms with E-state index in [2.05, 4.69) is 12.2 Å². The molecule has 31 heavy (non-hydrogen) atoms. The number of carbonyl (C=O) groups excluding carboxylic acids is 3. The molecule has 166 valence electrons. The van der Waals surface area contributed by atoms with Crippen LogP contribution in [-0.2, 0) is 27.2 Å². The van der Waals surface area contributed by atoms with E-state index in [1.807, 2.05) is 56.3 Å². The zero-order valence-corrected chi connectivity index (χ0v) is 18.8. The fraction of sp³-hybridized carbons (Fsp3) is 0.423. The van der Waals surface area contributed by atoms with Crippen LogP contribution in [0.4, 0.5) is 5.69 Å². The average molecular weight is 424 g/mol. The third kappa shape index (κ3) is 8.00. The first-order valence-electron chi connectivity index (χ1n) is 11.1. The first-order chi connectivity index (χ1) is 14.9. The molecule has 0 aliphatic rings. The lowest BCUT2D eigenvalue weighted by atomic mass is 10.0. The number of nitrogens with one attached hydrogen (secondary N) is 1. The molecule has 0 bridgehead atoms. The molecule has 0 atom stereocenters. The Balaban J connectivity index is 1.75. The van der Waals surface area contributed by atoms with Crippen LogP contribution in [-0.4, -0.2) is 24.3 Å². The molecule has 0 aliphatic carbocycles. The second-order valence-corrected chi connectivity index (χ2v) is 7.75. The van der Waals surface area contributed by atoms with Gasteiger partial charge in [-0.15, -0.1) is 0 Å². The minimum atomic E-state index is -0.555. The quantitative estimate of drug-likeness (QED) is 0.280. The SMILES string of the molecule is CCCCCc1ccc(C(=O)CCC(=O)OCC(=O)Nc2c(C)cccc2CC)cc1. The van der Waals surface area contributed by atoms with Gasteiger partial charge in [-0.05, 0) is 42.9 Å². The molecule has 2 aromatic rings. The van der Waals surface area contributed by atoms with Crippen LogP contribution in [0.15, 0.2) is 42.5 Å². The molecule has 0 saturated heterocycles. The van der Waals surface area contributed by atoms with Gasteiger partial charge in [-0.3, -0.25) is 14.4 Å². The highest BCUT2D eigenvalue weighted by molar-refractivity contribution is 5.98. The first-order valence-corrected chi connectivity index (χ1v) is 11.1. The number of rotatable bonds is 12. The summed E-state index contributed by atoms with van der Waals surface area (Å²) >= 11 is 0. The molecular formula is C26H33NO4. The summed E-state index contributed by atoms with van der Waals surface area (Å²) < 4.78 is 5.05. The summed E-state index contributed by atoms with van der Waals surface area (Å²) in [6.45, 7) is 5.74. The third-order valence-corrected chi connectivity index (χ3v) is 5.27. The molecule has 5 nitrogen and oxygen atoms in total. The van der Waals surface area contributed by atoms with Crippen LogP contribution in [0, 0.1) is 6.92 Å². The Bertz CT molecular complexity index is 887. The first kappa shape index (κ1) is 24.3. The Kier molecular flexibility index (Phi) is 9.95. The van der Waals surface area contributed by atoms with E-state index in [9.17, 15) is 14.4 Å². The van der Waals surface area contributed by atoms with Gasteiger partial charge < -0.3 is 10.1 Å². The lowest BCUT2D eigenvalue weighted by Crippen LogP contribution is -2.22. The van der Waals surface area contributed by atoms with Crippen molar-refractivity contribution < 1.29 is 19.1 Å². The molecular weight excluding hydrogens is 390 g/mol. The monoisotopic (exact) mass is 423 g/mol. The van der Waals surface area contributed by atoms with E-state index in [1.165, 1.54) is 18.4 Å². The van der Waals surface area contributed by atoms with E-state index >= 15 is 0 Å². The second kappa shape index (κ2) is 12.7. The highest BCUT2D eigenvalue weighted by Gasteiger charge is 2.13. The fourth-order valence-electron chi connectivity index (χ4n) is 3.39. The molecule has 0 fully saturated rings. The number of para-hydroxylation sites is 1. The molecule has 0 saturated carbocycles. The number of ether oxygens (including phenoxy) is 1. The molecule has 0 unspecified atom stereocenters. The lowest BCUT2D eigenvalue weighted by Gasteiger charge is -2.13. The van der Waals surface area contributed by atoms with Gasteiger partial charge in [0.1, 0.15) is 0 Å². The van der Waals surface area contributed by atoms with Crippen molar-refractivity contribution in [2.24, 2.45) is 0 Å². The van der Waals surface area contributed by atoms with Crippen LogP contribution in [0.3, 0.4) is 0 Å². The minimum absolute atomic E-state index is 0.0467. The predicted molar refractivity (Wildman–Crippen MR) is 123 cm³/mol. The molecule has 1 N–H and O–H groups in total. The maximum Gasteiger partial charge on any atom is 0.306 e. The third-order valence-electron chi connectivity index (χ3n) is 5.27. The van der Waals surface area contributed by atoms with Crippen LogP contribution < -0.4 is 5.32 Å². The van der Waals surface area contributed by atoms with Gasteiger partial charge in [0.25, 0.3) is 5.91 Å². The summed E-state index contributed by atoms with van der Waals surface area (Å²) in [5, 5.41) is 2.82. The highest BCUT2D eigenvalue weighted by atomic mass is 16.5. The molecule has 0 heterocycles. The summed E-state index contributed by atoms with van der Waals surface area (Å²) in [5.41, 5.74) is 4.56. The molecule has 0 aromatic heterocycles. The summed E-state index contributed by atoms with van der Waals surface area (Å²) in [4.78, 5) is 36.5. The van der Waals surface area contributed by atoms with E-state index in [1.54, 1.807) is 0 Å². The Morgan fingerprint density at radius 2 is 1.68 bits per heavy atom. The van der Waals surface area contributed by atoms with Gasteiger partial charge in [-0.1, -0.05) is 69.2 Å². The summed E-state index contributed by atoms with van der Waals surface area (Å²) in [6.07, 6.45) is 5.35. The fourth-order valence-corrected chi connectivity index (χ4v) is 3.39. The van der Waals surface area contributed by atoms with Crippen LogP contribution in [0.2, 0.25) is 0 Å².